The number of halogens is 3. The summed E-state index contributed by atoms with van der Waals surface area (Å²) in [7, 11) is 0. The van der Waals surface area contributed by atoms with Crippen LogP contribution in [0.5, 0.6) is 0 Å². The number of hydrogen-bond donors (Lipinski definition) is 0. The summed E-state index contributed by atoms with van der Waals surface area (Å²) in [6.45, 7) is 3.45. The van der Waals surface area contributed by atoms with E-state index in [2.05, 4.69) is 20.0 Å². The molecule has 2 heterocycles. The Morgan fingerprint density at radius 2 is 1.52 bits per heavy atom. The summed E-state index contributed by atoms with van der Waals surface area (Å²) in [5.41, 5.74) is 1.02. The lowest BCUT2D eigenvalue weighted by atomic mass is 10.2. The van der Waals surface area contributed by atoms with Gasteiger partial charge in [-0.05, 0) is 30.3 Å². The van der Waals surface area contributed by atoms with Crippen LogP contribution in [0, 0.1) is 0 Å². The number of rotatable bonds is 2. The van der Waals surface area contributed by atoms with Crippen molar-refractivity contribution < 1.29 is 0 Å². The fraction of sp³-hybridized carbons (Fsp3) is 0.286. The molecule has 0 saturated carbocycles. The van der Waals surface area contributed by atoms with Crippen LogP contribution in [-0.4, -0.2) is 36.4 Å². The van der Waals surface area contributed by atoms with Crippen LogP contribution in [0.1, 0.15) is 0 Å². The molecule has 4 nitrogen and oxygen atoms in total. The van der Waals surface area contributed by atoms with E-state index >= 15 is 0 Å². The second-order valence-corrected chi connectivity index (χ2v) is 6.01. The Kier molecular flexibility index (Phi) is 4.38. The fourth-order valence-electron chi connectivity index (χ4n) is 2.39. The zero-order valence-electron chi connectivity index (χ0n) is 11.1. The molecule has 2 aromatic rings. The first kappa shape index (κ1) is 14.7. The average Bonchev–Trinajstić information content (AvgIpc) is 2.48. The van der Waals surface area contributed by atoms with E-state index in [9.17, 15) is 0 Å². The van der Waals surface area contributed by atoms with Crippen molar-refractivity contribution in [3.05, 3.63) is 45.5 Å². The normalized spacial score (nSPS) is 15.4. The molecule has 1 aliphatic rings. The summed E-state index contributed by atoms with van der Waals surface area (Å²) in [5.74, 6) is 0.848. The van der Waals surface area contributed by atoms with E-state index in [1.165, 1.54) is 0 Å². The monoisotopic (exact) mass is 342 g/mol. The van der Waals surface area contributed by atoms with Gasteiger partial charge in [0, 0.05) is 31.2 Å². The highest BCUT2D eigenvalue weighted by atomic mass is 35.5. The number of benzene rings is 1. The lowest BCUT2D eigenvalue weighted by Gasteiger charge is -2.36. The van der Waals surface area contributed by atoms with E-state index in [-0.39, 0.29) is 0 Å². The quantitative estimate of drug-likeness (QED) is 0.831. The minimum Gasteiger partial charge on any atom is -0.367 e. The summed E-state index contributed by atoms with van der Waals surface area (Å²) in [5, 5.41) is 9.73. The minimum absolute atomic E-state index is 0.408. The van der Waals surface area contributed by atoms with Gasteiger partial charge in [-0.15, -0.1) is 10.2 Å². The molecule has 0 atom stereocenters. The first-order valence-electron chi connectivity index (χ1n) is 6.58. The molecule has 0 spiro atoms. The number of anilines is 2. The van der Waals surface area contributed by atoms with E-state index in [1.54, 1.807) is 12.1 Å². The zero-order chi connectivity index (χ0) is 14.8. The van der Waals surface area contributed by atoms with Gasteiger partial charge < -0.3 is 9.80 Å². The molecule has 7 heteroatoms. The molecular weight excluding hydrogens is 331 g/mol. The van der Waals surface area contributed by atoms with Crippen LogP contribution in [-0.2, 0) is 0 Å². The molecule has 1 fully saturated rings. The number of nitrogens with zero attached hydrogens (tertiary/aromatic N) is 4. The van der Waals surface area contributed by atoms with Gasteiger partial charge in [-0.1, -0.05) is 34.8 Å². The average molecular weight is 344 g/mol. The highest BCUT2D eigenvalue weighted by molar-refractivity contribution is 6.36. The Morgan fingerprint density at radius 1 is 0.810 bits per heavy atom. The smallest absolute Gasteiger partial charge is 0.151 e. The molecule has 0 amide bonds. The third-order valence-corrected chi connectivity index (χ3v) is 4.21. The summed E-state index contributed by atoms with van der Waals surface area (Å²) >= 11 is 17.9. The summed E-state index contributed by atoms with van der Waals surface area (Å²) in [4.78, 5) is 4.43. The first-order chi connectivity index (χ1) is 10.1. The highest BCUT2D eigenvalue weighted by Crippen LogP contribution is 2.29. The van der Waals surface area contributed by atoms with Crippen molar-refractivity contribution in [3.63, 3.8) is 0 Å². The van der Waals surface area contributed by atoms with Gasteiger partial charge in [0.05, 0.1) is 10.7 Å². The lowest BCUT2D eigenvalue weighted by molar-refractivity contribution is 0.644. The molecule has 1 aromatic heterocycles. The molecule has 0 radical (unpaired) electrons. The Morgan fingerprint density at radius 3 is 2.14 bits per heavy atom. The van der Waals surface area contributed by atoms with Crippen LogP contribution in [0.4, 0.5) is 11.5 Å². The van der Waals surface area contributed by atoms with Gasteiger partial charge in [0.1, 0.15) is 0 Å². The van der Waals surface area contributed by atoms with Crippen LogP contribution < -0.4 is 9.80 Å². The van der Waals surface area contributed by atoms with Crippen molar-refractivity contribution in [2.75, 3.05) is 36.0 Å². The number of piperazine rings is 1. The molecular formula is C14H13Cl3N4. The van der Waals surface area contributed by atoms with Gasteiger partial charge in [-0.3, -0.25) is 0 Å². The Balaban J connectivity index is 1.68. The Hall–Kier alpha value is -1.23. The third-order valence-electron chi connectivity index (χ3n) is 3.47. The number of hydrogen-bond acceptors (Lipinski definition) is 4. The predicted octanol–water partition coefficient (Wildman–Crippen LogP) is 3.76. The molecule has 0 bridgehead atoms. The van der Waals surface area contributed by atoms with E-state index < -0.39 is 0 Å². The second kappa shape index (κ2) is 6.26. The number of aromatic nitrogens is 2. The van der Waals surface area contributed by atoms with Gasteiger partial charge in [-0.25, -0.2) is 0 Å². The lowest BCUT2D eigenvalue weighted by Crippen LogP contribution is -2.47. The Labute approximate surface area is 138 Å². The van der Waals surface area contributed by atoms with Crippen molar-refractivity contribution in [2.24, 2.45) is 0 Å². The predicted molar refractivity (Wildman–Crippen MR) is 87.9 cm³/mol. The van der Waals surface area contributed by atoms with Crippen molar-refractivity contribution in [2.45, 2.75) is 0 Å². The standard InChI is InChI=1S/C14H13Cl3N4/c15-10-1-2-12(11(16)9-10)20-5-7-21(8-6-20)14-4-3-13(17)18-19-14/h1-4,9H,5-8H2. The van der Waals surface area contributed by atoms with Crippen molar-refractivity contribution in [1.82, 2.24) is 10.2 Å². The van der Waals surface area contributed by atoms with E-state index in [0.29, 0.717) is 15.2 Å². The maximum atomic E-state index is 6.26. The molecule has 1 aromatic carbocycles. The van der Waals surface area contributed by atoms with Crippen LogP contribution >= 0.6 is 34.8 Å². The van der Waals surface area contributed by atoms with Crippen LogP contribution in [0.15, 0.2) is 30.3 Å². The van der Waals surface area contributed by atoms with Crippen molar-refractivity contribution in [3.8, 4) is 0 Å². The molecule has 0 aliphatic carbocycles. The van der Waals surface area contributed by atoms with Crippen molar-refractivity contribution >= 4 is 46.3 Å². The SMILES string of the molecule is Clc1ccc(N2CCN(c3ccc(Cl)nn3)CC2)c(Cl)c1. The van der Waals surface area contributed by atoms with Gasteiger partial charge in [-0.2, -0.15) is 0 Å². The van der Waals surface area contributed by atoms with E-state index in [0.717, 1.165) is 37.7 Å². The third kappa shape index (κ3) is 3.34. The van der Waals surface area contributed by atoms with Gasteiger partial charge in [0.25, 0.3) is 0 Å². The minimum atomic E-state index is 0.408. The van der Waals surface area contributed by atoms with Gasteiger partial charge >= 0.3 is 0 Å². The molecule has 0 unspecified atom stereocenters. The topological polar surface area (TPSA) is 32.3 Å². The molecule has 1 saturated heterocycles. The van der Waals surface area contributed by atoms with Gasteiger partial charge in [0.2, 0.25) is 0 Å². The van der Waals surface area contributed by atoms with E-state index in [1.807, 2.05) is 18.2 Å². The van der Waals surface area contributed by atoms with Crippen LogP contribution in [0.3, 0.4) is 0 Å². The van der Waals surface area contributed by atoms with Gasteiger partial charge in [0.15, 0.2) is 11.0 Å². The molecule has 1 aliphatic heterocycles. The molecule has 110 valence electrons. The van der Waals surface area contributed by atoms with E-state index in [4.69, 9.17) is 34.8 Å². The van der Waals surface area contributed by atoms with Crippen LogP contribution in [0.2, 0.25) is 15.2 Å². The van der Waals surface area contributed by atoms with Crippen molar-refractivity contribution in [1.29, 1.82) is 0 Å². The maximum Gasteiger partial charge on any atom is 0.151 e. The fourth-order valence-corrected chi connectivity index (χ4v) is 3.02. The summed E-state index contributed by atoms with van der Waals surface area (Å²) in [6, 6.07) is 9.24. The maximum absolute atomic E-state index is 6.26. The largest absolute Gasteiger partial charge is 0.367 e. The van der Waals surface area contributed by atoms with Crippen LogP contribution in [0.25, 0.3) is 0 Å². The molecule has 21 heavy (non-hydrogen) atoms. The zero-order valence-corrected chi connectivity index (χ0v) is 13.4. The Bertz CT molecular complexity index is 625. The summed E-state index contributed by atoms with van der Waals surface area (Å²) < 4.78 is 0. The first-order valence-corrected chi connectivity index (χ1v) is 7.71. The molecule has 0 N–H and O–H groups in total. The second-order valence-electron chi connectivity index (χ2n) is 4.78. The summed E-state index contributed by atoms with van der Waals surface area (Å²) in [6.07, 6.45) is 0. The molecule has 3 rings (SSSR count). The highest BCUT2D eigenvalue weighted by Gasteiger charge is 2.20.